The molecule has 3 heterocycles. The molecule has 0 saturated heterocycles. The topological polar surface area (TPSA) is 105 Å². The minimum Gasteiger partial charge on any atom is -0.484 e. The van der Waals surface area contributed by atoms with Crippen molar-refractivity contribution in [3.05, 3.63) is 88.8 Å². The van der Waals surface area contributed by atoms with Crippen LogP contribution in [0.25, 0.3) is 5.69 Å². The molecule has 44 heavy (non-hydrogen) atoms. The van der Waals surface area contributed by atoms with Gasteiger partial charge in [0.15, 0.2) is 22.9 Å². The molecule has 0 amide bonds. The Morgan fingerprint density at radius 1 is 1.11 bits per heavy atom. The molecule has 230 valence electrons. The zero-order valence-corrected chi connectivity index (χ0v) is 22.6. The molecular formula is C29H21F6N3O6. The van der Waals surface area contributed by atoms with Gasteiger partial charge < -0.3 is 24.1 Å². The van der Waals surface area contributed by atoms with Crippen LogP contribution in [0.2, 0.25) is 0 Å². The van der Waals surface area contributed by atoms with E-state index in [-0.39, 0.29) is 46.2 Å². The van der Waals surface area contributed by atoms with E-state index in [4.69, 9.17) is 14.6 Å². The zero-order valence-electron chi connectivity index (χ0n) is 22.6. The van der Waals surface area contributed by atoms with Crippen LogP contribution in [0.1, 0.15) is 64.8 Å². The summed E-state index contributed by atoms with van der Waals surface area (Å²) in [7, 11) is 0. The molecule has 2 aromatic carbocycles. The number of hydrogen-bond donors (Lipinski definition) is 1. The summed E-state index contributed by atoms with van der Waals surface area (Å²) >= 11 is 0. The number of nitrogens with zero attached hydrogens (tertiary/aromatic N) is 3. The van der Waals surface area contributed by atoms with E-state index in [0.717, 1.165) is 16.9 Å². The first-order valence-corrected chi connectivity index (χ1v) is 13.2. The molecule has 15 heteroatoms. The molecule has 1 aliphatic heterocycles. The zero-order chi connectivity index (χ0) is 31.4. The minimum atomic E-state index is -4.81. The summed E-state index contributed by atoms with van der Waals surface area (Å²) in [5, 5.41) is 13.0. The Morgan fingerprint density at radius 2 is 1.84 bits per heavy atom. The number of halogens is 6. The van der Waals surface area contributed by atoms with Crippen molar-refractivity contribution < 1.29 is 55.2 Å². The van der Waals surface area contributed by atoms with Crippen LogP contribution in [0, 0.1) is 5.95 Å². The maximum absolute atomic E-state index is 14.8. The van der Waals surface area contributed by atoms with Crippen LogP contribution in [0.3, 0.4) is 0 Å². The summed E-state index contributed by atoms with van der Waals surface area (Å²) in [4.78, 5) is 14.9. The lowest BCUT2D eigenvalue weighted by Crippen LogP contribution is -2.25. The van der Waals surface area contributed by atoms with Gasteiger partial charge >= 0.3 is 18.4 Å². The van der Waals surface area contributed by atoms with E-state index in [9.17, 15) is 31.1 Å². The van der Waals surface area contributed by atoms with Crippen molar-refractivity contribution in [3.63, 3.8) is 0 Å². The third-order valence-electron chi connectivity index (χ3n) is 7.10. The Bertz CT molecular complexity index is 1740. The largest absolute Gasteiger partial charge is 0.586 e. The summed E-state index contributed by atoms with van der Waals surface area (Å²) in [5.41, 5.74) is -0.873. The van der Waals surface area contributed by atoms with Gasteiger partial charge in [-0.25, -0.2) is 14.5 Å². The second-order valence-corrected chi connectivity index (χ2v) is 10.1. The van der Waals surface area contributed by atoms with E-state index < -0.39 is 48.0 Å². The standard InChI is InChI=1S/C29H21F6N3O6/c1-14(16-7-10-20-22(11-16)44-29(34,35)43-20)41-23-12-17(13-36-26(23)30)38-24-19(25(37-38)28(31,32)33)3-2-4-21(24)42-18-8-5-15(6-9-18)27(39)40/h5-14,21H,2-4H2,1H3,(H,39,40)/t14-,21-/m0/s1. The van der Waals surface area contributed by atoms with Crippen molar-refractivity contribution in [1.29, 1.82) is 0 Å². The molecule has 1 N–H and O–H groups in total. The third kappa shape index (κ3) is 5.56. The first kappa shape index (κ1) is 29.1. The van der Waals surface area contributed by atoms with Gasteiger partial charge in [-0.2, -0.15) is 22.7 Å². The van der Waals surface area contributed by atoms with Crippen LogP contribution in [0.5, 0.6) is 23.0 Å². The number of rotatable bonds is 7. The van der Waals surface area contributed by atoms with Crippen LogP contribution in [-0.2, 0) is 12.6 Å². The average molecular weight is 621 g/mol. The van der Waals surface area contributed by atoms with Crippen LogP contribution < -0.4 is 18.9 Å². The fourth-order valence-corrected chi connectivity index (χ4v) is 5.11. The monoisotopic (exact) mass is 621 g/mol. The number of aromatic carboxylic acids is 1. The lowest BCUT2D eigenvalue weighted by molar-refractivity contribution is -0.286. The molecule has 0 radical (unpaired) electrons. The van der Waals surface area contributed by atoms with Gasteiger partial charge in [-0.1, -0.05) is 6.07 Å². The van der Waals surface area contributed by atoms with Gasteiger partial charge in [0.2, 0.25) is 0 Å². The van der Waals surface area contributed by atoms with Gasteiger partial charge in [-0.15, -0.1) is 8.78 Å². The van der Waals surface area contributed by atoms with E-state index >= 15 is 0 Å². The molecule has 4 aromatic rings. The number of carboxylic acid groups (broad SMARTS) is 1. The number of hydrogen-bond acceptors (Lipinski definition) is 7. The van der Waals surface area contributed by atoms with E-state index in [1.807, 2.05) is 0 Å². The molecular weight excluding hydrogens is 600 g/mol. The van der Waals surface area contributed by atoms with Gasteiger partial charge in [-0.05, 0) is 68.1 Å². The molecule has 9 nitrogen and oxygen atoms in total. The number of aromatic nitrogens is 3. The van der Waals surface area contributed by atoms with Crippen molar-refractivity contribution in [1.82, 2.24) is 14.8 Å². The molecule has 2 aromatic heterocycles. The highest BCUT2D eigenvalue weighted by Crippen LogP contribution is 2.44. The minimum absolute atomic E-state index is 0.00362. The molecule has 2 atom stereocenters. The summed E-state index contributed by atoms with van der Waals surface area (Å²) in [5.74, 6) is -2.88. The fourth-order valence-electron chi connectivity index (χ4n) is 5.11. The predicted octanol–water partition coefficient (Wildman–Crippen LogP) is 7.04. The Balaban J connectivity index is 1.34. The van der Waals surface area contributed by atoms with Crippen molar-refractivity contribution in [2.75, 3.05) is 0 Å². The molecule has 6 rings (SSSR count). The average Bonchev–Trinajstić information content (AvgIpc) is 3.51. The maximum Gasteiger partial charge on any atom is 0.586 e. The Labute approximate surface area is 244 Å². The van der Waals surface area contributed by atoms with Gasteiger partial charge in [0.05, 0.1) is 23.1 Å². The normalized spacial score (nSPS) is 17.6. The van der Waals surface area contributed by atoms with E-state index in [0.29, 0.717) is 18.4 Å². The maximum atomic E-state index is 14.8. The Hall–Kier alpha value is -4.95. The van der Waals surface area contributed by atoms with Crippen molar-refractivity contribution in [2.45, 2.75) is 50.9 Å². The van der Waals surface area contributed by atoms with Crippen molar-refractivity contribution >= 4 is 5.97 Å². The Morgan fingerprint density at radius 3 is 2.55 bits per heavy atom. The van der Waals surface area contributed by atoms with Crippen molar-refractivity contribution in [2.24, 2.45) is 0 Å². The number of carboxylic acids is 1. The van der Waals surface area contributed by atoms with Gasteiger partial charge in [0.1, 0.15) is 18.0 Å². The second-order valence-electron chi connectivity index (χ2n) is 10.1. The van der Waals surface area contributed by atoms with Crippen molar-refractivity contribution in [3.8, 4) is 28.7 Å². The molecule has 0 unspecified atom stereocenters. The highest BCUT2D eigenvalue weighted by molar-refractivity contribution is 5.87. The SMILES string of the molecule is C[C@H](Oc1cc(-n2nc(C(F)(F)F)c3c2[C@@H](Oc2ccc(C(=O)O)cc2)CCC3)cnc1F)c1ccc2c(c1)OC(F)(F)O2. The number of carbonyl (C=O) groups is 1. The number of ether oxygens (including phenoxy) is 4. The first-order valence-electron chi connectivity index (χ1n) is 13.2. The fraction of sp³-hybridized carbons (Fsp3) is 0.276. The van der Waals surface area contributed by atoms with Crippen LogP contribution >= 0.6 is 0 Å². The number of alkyl halides is 5. The smallest absolute Gasteiger partial charge is 0.484 e. The van der Waals surface area contributed by atoms with Gasteiger partial charge in [-0.3, -0.25) is 0 Å². The molecule has 0 spiro atoms. The lowest BCUT2D eigenvalue weighted by Gasteiger charge is -2.26. The van der Waals surface area contributed by atoms with Crippen LogP contribution in [0.4, 0.5) is 26.3 Å². The summed E-state index contributed by atoms with van der Waals surface area (Å²) in [6.45, 7) is 1.50. The Kier molecular flexibility index (Phi) is 7.05. The number of fused-ring (bicyclic) bond motifs is 2. The highest BCUT2D eigenvalue weighted by Gasteiger charge is 2.44. The highest BCUT2D eigenvalue weighted by atomic mass is 19.4. The summed E-state index contributed by atoms with van der Waals surface area (Å²) in [6, 6.07) is 10.4. The molecule has 0 bridgehead atoms. The number of benzene rings is 2. The van der Waals surface area contributed by atoms with E-state index in [2.05, 4.69) is 19.6 Å². The van der Waals surface area contributed by atoms with E-state index in [1.54, 1.807) is 0 Å². The number of pyridine rings is 1. The van der Waals surface area contributed by atoms with Gasteiger partial charge in [0, 0.05) is 11.6 Å². The molecule has 2 aliphatic rings. The van der Waals surface area contributed by atoms with E-state index in [1.165, 1.54) is 49.4 Å². The second kappa shape index (κ2) is 10.6. The summed E-state index contributed by atoms with van der Waals surface area (Å²) < 4.78 is 105. The molecule has 0 saturated carbocycles. The lowest BCUT2D eigenvalue weighted by atomic mass is 9.93. The quantitative estimate of drug-likeness (QED) is 0.173. The predicted molar refractivity (Wildman–Crippen MR) is 138 cm³/mol. The molecule has 1 aliphatic carbocycles. The third-order valence-corrected chi connectivity index (χ3v) is 7.10. The summed E-state index contributed by atoms with van der Waals surface area (Å²) in [6.07, 6.45) is -8.78. The van der Waals surface area contributed by atoms with Crippen LogP contribution in [-0.4, -0.2) is 32.1 Å². The van der Waals surface area contributed by atoms with Gasteiger partial charge in [0.25, 0.3) is 5.95 Å². The first-order chi connectivity index (χ1) is 20.8. The molecule has 0 fully saturated rings. The van der Waals surface area contributed by atoms with Crippen LogP contribution in [0.15, 0.2) is 54.7 Å².